The van der Waals surface area contributed by atoms with Crippen molar-refractivity contribution >= 4 is 74.3 Å². The van der Waals surface area contributed by atoms with Gasteiger partial charge in [-0.25, -0.2) is 26.4 Å². The van der Waals surface area contributed by atoms with E-state index < -0.39 is 171 Å². The predicted molar refractivity (Wildman–Crippen MR) is 546 cm³/mol. The number of ketones is 4. The van der Waals surface area contributed by atoms with Crippen molar-refractivity contribution in [3.05, 3.63) is 95.2 Å². The van der Waals surface area contributed by atoms with Crippen LogP contribution in [0.25, 0.3) is 0 Å². The number of nitrogens with zero attached hydrogens (tertiary/aromatic N) is 4. The third-order valence-corrected chi connectivity index (χ3v) is 36.3. The number of fused-ring (bicyclic) bond motifs is 6. The quantitative estimate of drug-likeness (QED) is 0.0391. The van der Waals surface area contributed by atoms with E-state index in [1.165, 1.54) is 32.6 Å². The average molecular weight is 2070 g/mol. The van der Waals surface area contributed by atoms with E-state index in [4.69, 9.17) is 47.2 Å². The van der Waals surface area contributed by atoms with Crippen molar-refractivity contribution < 1.29 is 132 Å². The Kier molecular flexibility index (Phi) is 46.5. The fourth-order valence-corrected chi connectivity index (χ4v) is 26.5. The molecule has 5 N–H and O–H groups in total. The first-order chi connectivity index (χ1) is 67.4. The number of sulfonamides is 2. The molecule has 10 aliphatic rings. The lowest BCUT2D eigenvalue weighted by Crippen LogP contribution is -2.61. The summed E-state index contributed by atoms with van der Waals surface area (Å²) in [7, 11) is -3.72. The van der Waals surface area contributed by atoms with Gasteiger partial charge >= 0.3 is 11.9 Å². The molecule has 2 amide bonds. The third-order valence-electron chi connectivity index (χ3n) is 31.8. The number of aliphatic hydroxyl groups is 5. The maximum atomic E-state index is 14.6. The van der Waals surface area contributed by atoms with Crippen LogP contribution in [-0.2, 0) is 110 Å². The number of hydrogen-bond donors (Lipinski definition) is 5. The van der Waals surface area contributed by atoms with E-state index in [1.807, 2.05) is 129 Å². The molecule has 8 aliphatic heterocycles. The van der Waals surface area contributed by atoms with Crippen molar-refractivity contribution in [2.24, 2.45) is 71.0 Å². The summed E-state index contributed by atoms with van der Waals surface area (Å²) >= 11 is 0. The maximum Gasteiger partial charge on any atom is 0.329 e. The lowest BCUT2D eigenvalue weighted by Gasteiger charge is -2.44. The number of amides is 2. The molecular weight excluding hydrogens is 1900 g/mol. The Labute approximate surface area is 852 Å². The number of rotatable bonds is 17. The third kappa shape index (κ3) is 32.8. The van der Waals surface area contributed by atoms with Gasteiger partial charge in [-0.2, -0.15) is 8.61 Å². The minimum atomic E-state index is -3.54. The number of carbonyl (C=O) groups is 8. The molecule has 32 nitrogen and oxygen atoms in total. The highest BCUT2D eigenvalue weighted by atomic mass is 32.2. The van der Waals surface area contributed by atoms with Crippen LogP contribution in [0.15, 0.2) is 95.2 Å². The summed E-state index contributed by atoms with van der Waals surface area (Å²) in [5.41, 5.74) is 2.61. The van der Waals surface area contributed by atoms with Gasteiger partial charge in [-0.3, -0.25) is 33.3 Å². The lowest BCUT2D eigenvalue weighted by atomic mass is 9.78. The van der Waals surface area contributed by atoms with Crippen LogP contribution in [0.4, 0.5) is 0 Å². The van der Waals surface area contributed by atoms with Gasteiger partial charge in [0, 0.05) is 104 Å². The second-order valence-electron chi connectivity index (χ2n) is 43.7. The fraction of sp³-hybridized carbons (Fsp3) is 0.778. The molecule has 2 saturated carbocycles. The Hall–Kier alpha value is -5.99. The van der Waals surface area contributed by atoms with Gasteiger partial charge in [-0.15, -0.1) is 0 Å². The van der Waals surface area contributed by atoms with Crippen LogP contribution in [0, 0.1) is 71.0 Å². The monoisotopic (exact) mass is 2070 g/mol. The molecule has 30 atom stereocenters. The molecule has 8 heterocycles. The number of methoxy groups -OCH3 is 4. The fourth-order valence-electron chi connectivity index (χ4n) is 23.0. The molecule has 6 saturated heterocycles. The number of cyclic esters (lactones) is 2. The number of esters is 2. The van der Waals surface area contributed by atoms with Crippen molar-refractivity contribution in [3.63, 3.8) is 0 Å². The average Bonchev–Trinajstić information content (AvgIpc) is 0.765. The first kappa shape index (κ1) is 121. The van der Waals surface area contributed by atoms with Crippen LogP contribution in [0.3, 0.4) is 0 Å². The van der Waals surface area contributed by atoms with Gasteiger partial charge in [-0.05, 0) is 253 Å². The Morgan fingerprint density at radius 1 is 0.448 bits per heavy atom. The highest BCUT2D eigenvalue weighted by Crippen LogP contribution is 2.47. The van der Waals surface area contributed by atoms with E-state index in [0.717, 1.165) is 36.8 Å². The Bertz CT molecular complexity index is 4800. The van der Waals surface area contributed by atoms with Gasteiger partial charge in [0.15, 0.2) is 18.9 Å². The zero-order chi connectivity index (χ0) is 106. The summed E-state index contributed by atoms with van der Waals surface area (Å²) in [6.07, 6.45) is 27.8. The number of Topliss-reactive ketones (excluding diaryl/α,β-unsaturated/α-hetero) is 4. The second kappa shape index (κ2) is 55.2. The van der Waals surface area contributed by atoms with E-state index >= 15 is 0 Å². The van der Waals surface area contributed by atoms with Crippen LogP contribution in [-0.4, -0.2) is 309 Å². The summed E-state index contributed by atoms with van der Waals surface area (Å²) in [4.78, 5) is 117. The van der Waals surface area contributed by atoms with E-state index in [-0.39, 0.29) is 147 Å². The van der Waals surface area contributed by atoms with Crippen molar-refractivity contribution in [3.8, 4) is 0 Å². The summed E-state index contributed by atoms with van der Waals surface area (Å²) in [5.74, 6) is -13.6. The Balaban J connectivity index is 0.000000319. The SMILES string of the molecule is CO[C@@H]1C[C@H](C[C@@H](C)[C@@H]2CC[C@H](C)/C=C(\C)[C@@H](O)[C@@H](OC)C(=O)[C@H](C)C[C@H](C)/C=C/C=C/C=C(\C)C(N3CCS3(=O)=O)C[C@@H]3CC[C@@H](C)[C@@](O)(O3)C(=O)C(=O)N3CCCC[C@H]3C(=O)O2)CC[C@H]1OCCO.CO[C@@H]1C[C@H](C[C@@H](C)[C@@H]2CC[C@H](C)/C=C(\C)[C@@H](O)[C@@H](OC)C(=O)[C@H](C)C[C@H](C)/C=C/C=C/C=C(\C)C(N3CCS3(=O)=O)C[C@@H]3CC[C@@H](C)[C@@](O)(O3)C(=O)C(=O)N3CCCC[C@H]3C(=O)O2)CC[C@H]1OP(C)(C)=O. The number of piperidine rings is 2. The maximum absolute atomic E-state index is 14.6. The molecule has 0 radical (unpaired) electrons. The standard InChI is InChI=1S/C54H87N2O14PS.C54H86N2O14S/c1-34-17-13-12-14-18-36(3)44(56-27-28-72(56,64)65)33-42-23-21-40(7)54(62,69-42)51(59)52(60)55-26-16-15-19-43(55)53(61)68-45(37(4)31-41-22-25-46(47(32-41)66-8)70-71(10,11)63)24-20-35(2)30-39(6)49(58)50(67-9)48(57)38(5)29-34;1-34-15-11-10-12-16-36(3)44(56-25-28-71(56,64)65)33-42-21-19-40(7)54(63,70-42)51(60)52(61)55-24-14-13-17-43(55)53(62)69-45(37(4)31-41-20-23-46(68-27-26-57)47(32-41)66-8)22-18-35(2)30-39(6)49(59)50(67-9)48(58)38(5)29-34/h12-14,17-18,30,34-35,37-38,40-47,49-50,58,62H,15-16,19-29,31-33H2,1-11H3;10-12,15-16,30,34-35,37-38,40-47,49-50,57,59,63H,13-14,17-29,31-33H2,1-9H3/b14-12+,17-13+,36-18+,39-30+;12-10+,15-11+,36-16+,39-30+/t2*34-,35+,37-,38-,40-,41+,42+,43+,44?,45+,46-,47-,49-,50+,54-/m11/s1. The molecule has 8 fully saturated rings. The summed E-state index contributed by atoms with van der Waals surface area (Å²) < 4.78 is 128. The van der Waals surface area contributed by atoms with Crippen molar-refractivity contribution in [1.82, 2.24) is 18.4 Å². The molecule has 143 heavy (non-hydrogen) atoms. The number of ether oxygens (including phenoxy) is 9. The summed E-state index contributed by atoms with van der Waals surface area (Å²) in [6, 6.07) is -3.45. The molecule has 10 rings (SSSR count). The van der Waals surface area contributed by atoms with Crippen molar-refractivity contribution in [1.29, 1.82) is 0 Å². The Morgan fingerprint density at radius 2 is 0.839 bits per heavy atom. The second-order valence-corrected chi connectivity index (χ2v) is 50.5. The smallest absolute Gasteiger partial charge is 0.329 e. The van der Waals surface area contributed by atoms with Crippen LogP contribution >= 0.6 is 7.37 Å². The van der Waals surface area contributed by atoms with E-state index in [1.54, 1.807) is 61.3 Å². The molecule has 810 valence electrons. The van der Waals surface area contributed by atoms with Crippen molar-refractivity contribution in [2.45, 2.75) is 373 Å². The number of aliphatic hydroxyl groups excluding tert-OH is 3. The molecule has 2 unspecified atom stereocenters. The Morgan fingerprint density at radius 3 is 1.20 bits per heavy atom. The number of hydrogen-bond acceptors (Lipinski definition) is 28. The summed E-state index contributed by atoms with van der Waals surface area (Å²) in [5, 5.41) is 56.7. The molecular formula is C108H173N4O28PS2. The molecule has 4 bridgehead atoms. The largest absolute Gasteiger partial charge is 0.461 e. The van der Waals surface area contributed by atoms with E-state index in [9.17, 15) is 85.3 Å². The molecule has 0 spiro atoms. The first-order valence-corrected chi connectivity index (χ1v) is 58.5. The number of allylic oxidation sites excluding steroid dienone is 12. The van der Waals surface area contributed by atoms with Gasteiger partial charge in [0.05, 0.1) is 61.3 Å². The minimum absolute atomic E-state index is 0.00174. The van der Waals surface area contributed by atoms with Crippen LogP contribution < -0.4 is 0 Å². The normalized spacial score (nSPS) is 39.9. The molecule has 0 aromatic rings. The molecule has 2 aliphatic carbocycles. The molecule has 0 aromatic heterocycles. The zero-order valence-corrected chi connectivity index (χ0v) is 91.3. The van der Waals surface area contributed by atoms with E-state index in [2.05, 4.69) is 6.92 Å². The highest BCUT2D eigenvalue weighted by molar-refractivity contribution is 7.90. The molecule has 0 aromatic carbocycles. The van der Waals surface area contributed by atoms with Gasteiger partial charge in [0.2, 0.25) is 31.6 Å². The van der Waals surface area contributed by atoms with Gasteiger partial charge < -0.3 is 82.5 Å². The van der Waals surface area contributed by atoms with Crippen LogP contribution in [0.5, 0.6) is 0 Å². The number of carbonyl (C=O) groups excluding carboxylic acids is 8. The predicted octanol–water partition coefficient (Wildman–Crippen LogP) is 13.6. The van der Waals surface area contributed by atoms with Crippen LogP contribution in [0.1, 0.15) is 264 Å². The van der Waals surface area contributed by atoms with Crippen molar-refractivity contribution in [2.75, 3.05) is 92.7 Å². The van der Waals surface area contributed by atoms with Gasteiger partial charge in [-0.1, -0.05) is 153 Å². The van der Waals surface area contributed by atoms with Gasteiger partial charge in [0.1, 0.15) is 48.7 Å². The lowest BCUT2D eigenvalue weighted by molar-refractivity contribution is -0.264. The summed E-state index contributed by atoms with van der Waals surface area (Å²) in [6.45, 7) is 30.4. The van der Waals surface area contributed by atoms with Crippen LogP contribution in [0.2, 0.25) is 0 Å². The van der Waals surface area contributed by atoms with Gasteiger partial charge in [0.25, 0.3) is 23.4 Å². The highest BCUT2D eigenvalue weighted by Gasteiger charge is 2.57. The minimum Gasteiger partial charge on any atom is -0.461 e. The first-order valence-electron chi connectivity index (χ1n) is 52.8. The molecule has 35 heteroatoms. The topological polar surface area (TPSA) is 428 Å². The van der Waals surface area contributed by atoms with E-state index in [0.29, 0.717) is 140 Å². The zero-order valence-electron chi connectivity index (χ0n) is 88.8.